The summed E-state index contributed by atoms with van der Waals surface area (Å²) in [5, 5.41) is 3.03. The van der Waals surface area contributed by atoms with E-state index in [0.29, 0.717) is 6.42 Å². The standard InChI is InChI=1S/C24H26ClFN2O3/c1-28(2)11-16-4-3-5-17(8-16)21(29)10-23-13-24(14-23,15-23)27-22(30)12-31-18-6-7-19(25)20(26)9-18/h3-9H,10-15H2,1-2H3,(H,27,30). The van der Waals surface area contributed by atoms with Gasteiger partial charge >= 0.3 is 0 Å². The van der Waals surface area contributed by atoms with Gasteiger partial charge in [-0.1, -0.05) is 29.8 Å². The topological polar surface area (TPSA) is 58.6 Å². The lowest BCUT2D eigenvalue weighted by atomic mass is 9.38. The van der Waals surface area contributed by atoms with Gasteiger partial charge in [-0.05, 0) is 62.5 Å². The number of benzene rings is 2. The zero-order valence-electron chi connectivity index (χ0n) is 17.7. The third kappa shape index (κ3) is 4.75. The molecule has 31 heavy (non-hydrogen) atoms. The number of Topliss-reactive ketones (excluding diaryl/α,β-unsaturated/α-hetero) is 1. The Hall–Kier alpha value is -2.44. The van der Waals surface area contributed by atoms with Crippen LogP contribution in [0.3, 0.4) is 0 Å². The van der Waals surface area contributed by atoms with Crippen molar-refractivity contribution >= 4 is 23.3 Å². The number of amides is 1. The molecule has 0 spiro atoms. The maximum atomic E-state index is 13.4. The van der Waals surface area contributed by atoms with Gasteiger partial charge in [-0.15, -0.1) is 0 Å². The zero-order chi connectivity index (χ0) is 22.2. The first-order valence-electron chi connectivity index (χ1n) is 10.3. The monoisotopic (exact) mass is 444 g/mol. The normalized spacial score (nSPS) is 23.6. The third-order valence-corrected chi connectivity index (χ3v) is 6.40. The fourth-order valence-electron chi connectivity index (χ4n) is 5.02. The SMILES string of the molecule is CN(C)Cc1cccc(C(=O)CC23CC(NC(=O)COc4ccc(Cl)c(F)c4)(C2)C3)c1. The van der Waals surface area contributed by atoms with Crippen LogP contribution in [0.5, 0.6) is 5.75 Å². The van der Waals surface area contributed by atoms with E-state index >= 15 is 0 Å². The van der Waals surface area contributed by atoms with Crippen LogP contribution < -0.4 is 10.1 Å². The summed E-state index contributed by atoms with van der Waals surface area (Å²) in [7, 11) is 4.01. The second kappa shape index (κ2) is 8.24. The van der Waals surface area contributed by atoms with Crippen LogP contribution in [-0.2, 0) is 11.3 Å². The van der Waals surface area contributed by atoms with Gasteiger partial charge in [-0.2, -0.15) is 0 Å². The molecule has 5 nitrogen and oxygen atoms in total. The molecule has 0 radical (unpaired) electrons. The molecule has 164 valence electrons. The van der Waals surface area contributed by atoms with Gasteiger partial charge in [0.1, 0.15) is 11.6 Å². The number of hydrogen-bond donors (Lipinski definition) is 1. The van der Waals surface area contributed by atoms with Crippen molar-refractivity contribution in [3.05, 3.63) is 64.4 Å². The fraction of sp³-hybridized carbons (Fsp3) is 0.417. The summed E-state index contributed by atoms with van der Waals surface area (Å²) in [5.74, 6) is -0.411. The smallest absolute Gasteiger partial charge is 0.258 e. The quantitative estimate of drug-likeness (QED) is 0.588. The molecule has 3 saturated carbocycles. The summed E-state index contributed by atoms with van der Waals surface area (Å²) < 4.78 is 18.8. The summed E-state index contributed by atoms with van der Waals surface area (Å²) in [4.78, 5) is 27.1. The number of ketones is 1. The van der Waals surface area contributed by atoms with E-state index in [9.17, 15) is 14.0 Å². The molecule has 1 amide bonds. The first-order chi connectivity index (χ1) is 14.7. The maximum absolute atomic E-state index is 13.4. The van der Waals surface area contributed by atoms with Crippen molar-refractivity contribution in [1.29, 1.82) is 0 Å². The summed E-state index contributed by atoms with van der Waals surface area (Å²) in [5.41, 5.74) is 1.66. The fourth-order valence-corrected chi connectivity index (χ4v) is 5.13. The highest BCUT2D eigenvalue weighted by atomic mass is 35.5. The van der Waals surface area contributed by atoms with E-state index in [-0.39, 0.29) is 40.0 Å². The molecule has 0 saturated heterocycles. The molecule has 0 aromatic heterocycles. The van der Waals surface area contributed by atoms with Crippen LogP contribution >= 0.6 is 11.6 Å². The Labute approximate surface area is 186 Å². The van der Waals surface area contributed by atoms with Crippen LogP contribution in [0, 0.1) is 11.2 Å². The van der Waals surface area contributed by atoms with E-state index in [2.05, 4.69) is 10.2 Å². The van der Waals surface area contributed by atoms with Gasteiger partial charge in [0.15, 0.2) is 12.4 Å². The molecule has 5 rings (SSSR count). The van der Waals surface area contributed by atoms with Crippen molar-refractivity contribution in [3.63, 3.8) is 0 Å². The molecule has 0 heterocycles. The Morgan fingerprint density at radius 3 is 2.58 bits per heavy atom. The summed E-state index contributed by atoms with van der Waals surface area (Å²) >= 11 is 5.64. The van der Waals surface area contributed by atoms with Crippen molar-refractivity contribution in [2.45, 2.75) is 37.8 Å². The number of carbonyl (C=O) groups excluding carboxylic acids is 2. The lowest BCUT2D eigenvalue weighted by Crippen LogP contribution is -2.75. The van der Waals surface area contributed by atoms with E-state index in [4.69, 9.17) is 16.3 Å². The molecule has 0 atom stereocenters. The van der Waals surface area contributed by atoms with Crippen LogP contribution in [-0.4, -0.2) is 42.8 Å². The Morgan fingerprint density at radius 2 is 1.90 bits per heavy atom. The van der Waals surface area contributed by atoms with Gasteiger partial charge < -0.3 is 15.0 Å². The zero-order valence-corrected chi connectivity index (χ0v) is 18.5. The van der Waals surface area contributed by atoms with Gasteiger partial charge in [0.25, 0.3) is 5.91 Å². The predicted molar refractivity (Wildman–Crippen MR) is 117 cm³/mol. The first-order valence-corrected chi connectivity index (χ1v) is 10.7. The van der Waals surface area contributed by atoms with Crippen LogP contribution in [0.4, 0.5) is 4.39 Å². The first kappa shape index (κ1) is 21.8. The molecule has 2 aromatic carbocycles. The second-order valence-electron chi connectivity index (χ2n) is 9.26. The summed E-state index contributed by atoms with van der Waals surface area (Å²) in [6, 6.07) is 11.9. The predicted octanol–water partition coefficient (Wildman–Crippen LogP) is 4.23. The number of carbonyl (C=O) groups is 2. The number of hydrogen-bond acceptors (Lipinski definition) is 4. The minimum absolute atomic E-state index is 0.00206. The minimum Gasteiger partial charge on any atom is -0.484 e. The molecule has 0 aliphatic heterocycles. The maximum Gasteiger partial charge on any atom is 0.258 e. The third-order valence-electron chi connectivity index (χ3n) is 6.09. The molecule has 1 N–H and O–H groups in total. The minimum atomic E-state index is -0.585. The van der Waals surface area contributed by atoms with Gasteiger partial charge in [0.05, 0.1) is 5.02 Å². The van der Waals surface area contributed by atoms with E-state index in [1.165, 1.54) is 12.1 Å². The van der Waals surface area contributed by atoms with E-state index in [1.807, 2.05) is 38.4 Å². The molecule has 2 aromatic rings. The van der Waals surface area contributed by atoms with E-state index in [0.717, 1.165) is 43.0 Å². The Balaban J connectivity index is 1.24. The van der Waals surface area contributed by atoms with Gasteiger partial charge in [-0.25, -0.2) is 4.39 Å². The van der Waals surface area contributed by atoms with Crippen molar-refractivity contribution < 1.29 is 18.7 Å². The lowest BCUT2D eigenvalue weighted by Gasteiger charge is -2.70. The van der Waals surface area contributed by atoms with Crippen molar-refractivity contribution in [2.24, 2.45) is 5.41 Å². The Bertz CT molecular complexity index is 1000. The van der Waals surface area contributed by atoms with Crippen LogP contribution in [0.15, 0.2) is 42.5 Å². The summed E-state index contributed by atoms with van der Waals surface area (Å²) in [6.07, 6.45) is 2.94. The number of nitrogens with zero attached hydrogens (tertiary/aromatic N) is 1. The van der Waals surface area contributed by atoms with Crippen LogP contribution in [0.25, 0.3) is 0 Å². The van der Waals surface area contributed by atoms with E-state index in [1.54, 1.807) is 0 Å². The molecule has 3 aliphatic carbocycles. The molecular weight excluding hydrogens is 419 g/mol. The number of nitrogens with one attached hydrogen (secondary N) is 1. The van der Waals surface area contributed by atoms with Crippen LogP contribution in [0.1, 0.15) is 41.6 Å². The molecule has 7 heteroatoms. The number of rotatable bonds is 9. The van der Waals surface area contributed by atoms with Gasteiger partial charge in [0.2, 0.25) is 0 Å². The Morgan fingerprint density at radius 1 is 1.16 bits per heavy atom. The average Bonchev–Trinajstić information content (AvgIpc) is 2.66. The molecule has 2 bridgehead atoms. The van der Waals surface area contributed by atoms with Crippen molar-refractivity contribution in [1.82, 2.24) is 10.2 Å². The number of halogens is 2. The molecule has 0 unspecified atom stereocenters. The van der Waals surface area contributed by atoms with Gasteiger partial charge in [0, 0.05) is 30.1 Å². The lowest BCUT2D eigenvalue weighted by molar-refractivity contribution is -0.164. The highest BCUT2D eigenvalue weighted by Gasteiger charge is 2.68. The largest absolute Gasteiger partial charge is 0.484 e. The van der Waals surface area contributed by atoms with Crippen molar-refractivity contribution in [2.75, 3.05) is 20.7 Å². The number of ether oxygens (including phenoxy) is 1. The van der Waals surface area contributed by atoms with E-state index < -0.39 is 5.82 Å². The highest BCUT2D eigenvalue weighted by Crippen LogP contribution is 2.69. The average molecular weight is 445 g/mol. The summed E-state index contributed by atoms with van der Waals surface area (Å²) in [6.45, 7) is 0.611. The molecular formula is C24H26ClFN2O3. The molecule has 3 aliphatic rings. The second-order valence-corrected chi connectivity index (χ2v) is 9.67. The highest BCUT2D eigenvalue weighted by molar-refractivity contribution is 6.30. The molecule has 3 fully saturated rings. The van der Waals surface area contributed by atoms with Crippen LogP contribution in [0.2, 0.25) is 5.02 Å². The Kier molecular flexibility index (Phi) is 5.79. The van der Waals surface area contributed by atoms with Gasteiger partial charge in [-0.3, -0.25) is 9.59 Å². The van der Waals surface area contributed by atoms with Crippen molar-refractivity contribution in [3.8, 4) is 5.75 Å².